The molecule has 0 aliphatic rings. The van der Waals surface area contributed by atoms with Crippen molar-refractivity contribution < 1.29 is 14.2 Å². The summed E-state index contributed by atoms with van der Waals surface area (Å²) < 4.78 is 17.0. The van der Waals surface area contributed by atoms with E-state index in [4.69, 9.17) is 25.7 Å². The summed E-state index contributed by atoms with van der Waals surface area (Å²) in [5.74, 6) is 5.72. The molecule has 0 saturated carbocycles. The SMILES string of the molecule is COc1cc(COCCCSCCN)ccc1OCCCSCCN. The summed E-state index contributed by atoms with van der Waals surface area (Å²) >= 11 is 3.73. The molecule has 0 atom stereocenters. The van der Waals surface area contributed by atoms with Crippen LogP contribution in [0.3, 0.4) is 0 Å². The number of thioether (sulfide) groups is 2. The molecule has 0 aliphatic carbocycles. The summed E-state index contributed by atoms with van der Waals surface area (Å²) in [6, 6.07) is 5.98. The fourth-order valence-corrected chi connectivity index (χ4v) is 3.47. The predicted molar refractivity (Wildman–Crippen MR) is 110 cm³/mol. The Morgan fingerprint density at radius 3 is 2.20 bits per heavy atom. The van der Waals surface area contributed by atoms with Crippen LogP contribution in [0.25, 0.3) is 0 Å². The van der Waals surface area contributed by atoms with E-state index < -0.39 is 0 Å². The lowest BCUT2D eigenvalue weighted by molar-refractivity contribution is 0.122. The average molecular weight is 389 g/mol. The van der Waals surface area contributed by atoms with Crippen LogP contribution in [-0.4, -0.2) is 56.4 Å². The van der Waals surface area contributed by atoms with E-state index in [9.17, 15) is 0 Å². The van der Waals surface area contributed by atoms with E-state index in [2.05, 4.69) is 0 Å². The standard InChI is InChI=1S/C18H32N2O3S2/c1-21-18-14-16(15-22-8-2-10-24-12-6-19)4-5-17(18)23-9-3-11-25-13-7-20/h4-5,14H,2-3,6-13,15,19-20H2,1H3. The van der Waals surface area contributed by atoms with Crippen LogP contribution in [-0.2, 0) is 11.3 Å². The number of benzene rings is 1. The van der Waals surface area contributed by atoms with Gasteiger partial charge < -0.3 is 25.7 Å². The van der Waals surface area contributed by atoms with Crippen molar-refractivity contribution in [3.63, 3.8) is 0 Å². The number of rotatable bonds is 16. The van der Waals surface area contributed by atoms with Gasteiger partial charge in [0.1, 0.15) is 0 Å². The first kappa shape index (κ1) is 22.4. The maximum absolute atomic E-state index is 5.82. The molecule has 1 aromatic carbocycles. The first-order valence-corrected chi connectivity index (χ1v) is 11.1. The molecule has 4 N–H and O–H groups in total. The second-order valence-electron chi connectivity index (χ2n) is 5.40. The average Bonchev–Trinajstić information content (AvgIpc) is 2.64. The van der Waals surface area contributed by atoms with Crippen LogP contribution in [0.5, 0.6) is 11.5 Å². The van der Waals surface area contributed by atoms with Crippen molar-refractivity contribution in [3.05, 3.63) is 23.8 Å². The molecule has 0 unspecified atom stereocenters. The molecule has 144 valence electrons. The minimum absolute atomic E-state index is 0.591. The van der Waals surface area contributed by atoms with Gasteiger partial charge in [-0.15, -0.1) is 0 Å². The summed E-state index contributed by atoms with van der Waals surface area (Å²) in [7, 11) is 1.67. The molecule has 0 saturated heterocycles. The van der Waals surface area contributed by atoms with Crippen molar-refractivity contribution in [2.45, 2.75) is 19.4 Å². The van der Waals surface area contributed by atoms with Crippen LogP contribution in [0.1, 0.15) is 18.4 Å². The Kier molecular flexibility index (Phi) is 14.0. The number of hydrogen-bond acceptors (Lipinski definition) is 7. The minimum Gasteiger partial charge on any atom is -0.493 e. The molecule has 1 aromatic rings. The topological polar surface area (TPSA) is 79.7 Å². The molecule has 0 aromatic heterocycles. The lowest BCUT2D eigenvalue weighted by Gasteiger charge is -2.12. The van der Waals surface area contributed by atoms with E-state index in [1.54, 1.807) is 7.11 Å². The third-order valence-corrected chi connectivity index (χ3v) is 5.49. The molecular formula is C18H32N2O3S2. The van der Waals surface area contributed by atoms with Gasteiger partial charge in [-0.2, -0.15) is 23.5 Å². The molecule has 0 spiro atoms. The summed E-state index contributed by atoms with van der Waals surface area (Å²) in [5.41, 5.74) is 12.0. The maximum Gasteiger partial charge on any atom is 0.161 e. The predicted octanol–water partition coefficient (Wildman–Crippen LogP) is 2.75. The molecule has 5 nitrogen and oxygen atoms in total. The summed E-state index contributed by atoms with van der Waals surface area (Å²) in [4.78, 5) is 0. The molecular weight excluding hydrogens is 356 g/mol. The molecule has 25 heavy (non-hydrogen) atoms. The Labute approximate surface area is 160 Å². The molecule has 0 heterocycles. The van der Waals surface area contributed by atoms with Gasteiger partial charge in [0, 0.05) is 31.2 Å². The van der Waals surface area contributed by atoms with E-state index in [1.165, 1.54) is 0 Å². The van der Waals surface area contributed by atoms with Crippen LogP contribution in [0, 0.1) is 0 Å². The number of hydrogen-bond donors (Lipinski definition) is 2. The van der Waals surface area contributed by atoms with Gasteiger partial charge in [-0.3, -0.25) is 0 Å². The molecule has 7 heteroatoms. The Hall–Kier alpha value is -0.600. The van der Waals surface area contributed by atoms with Crippen molar-refractivity contribution in [1.82, 2.24) is 0 Å². The Balaban J connectivity index is 2.26. The third kappa shape index (κ3) is 10.9. The molecule has 0 amide bonds. The first-order valence-electron chi connectivity index (χ1n) is 8.75. The van der Waals surface area contributed by atoms with Crippen LogP contribution in [0.2, 0.25) is 0 Å². The van der Waals surface area contributed by atoms with Gasteiger partial charge in [0.05, 0.1) is 20.3 Å². The maximum atomic E-state index is 5.82. The lowest BCUT2D eigenvalue weighted by Crippen LogP contribution is -2.04. The Morgan fingerprint density at radius 1 is 0.880 bits per heavy atom. The van der Waals surface area contributed by atoms with Crippen molar-refractivity contribution >= 4 is 23.5 Å². The van der Waals surface area contributed by atoms with Crippen molar-refractivity contribution in [2.24, 2.45) is 11.5 Å². The highest BCUT2D eigenvalue weighted by Gasteiger charge is 2.06. The highest BCUT2D eigenvalue weighted by atomic mass is 32.2. The molecule has 0 aliphatic heterocycles. The van der Waals surface area contributed by atoms with E-state index in [0.717, 1.165) is 72.6 Å². The lowest BCUT2D eigenvalue weighted by atomic mass is 10.2. The van der Waals surface area contributed by atoms with Gasteiger partial charge in [0.25, 0.3) is 0 Å². The minimum atomic E-state index is 0.591. The molecule has 0 bridgehead atoms. The van der Waals surface area contributed by atoms with E-state index in [0.29, 0.717) is 13.2 Å². The third-order valence-electron chi connectivity index (χ3n) is 3.29. The normalized spacial score (nSPS) is 10.8. The van der Waals surface area contributed by atoms with Gasteiger partial charge in [-0.05, 0) is 42.0 Å². The van der Waals surface area contributed by atoms with Crippen molar-refractivity contribution in [3.8, 4) is 11.5 Å². The highest BCUT2D eigenvalue weighted by Crippen LogP contribution is 2.28. The first-order chi connectivity index (χ1) is 12.3. The quantitative estimate of drug-likeness (QED) is 0.422. The summed E-state index contributed by atoms with van der Waals surface area (Å²) in [6.07, 6.45) is 2.05. The monoisotopic (exact) mass is 388 g/mol. The fraction of sp³-hybridized carbons (Fsp3) is 0.667. The Morgan fingerprint density at radius 2 is 1.56 bits per heavy atom. The zero-order valence-electron chi connectivity index (χ0n) is 15.2. The summed E-state index contributed by atoms with van der Waals surface area (Å²) in [6.45, 7) is 3.51. The second-order valence-corrected chi connectivity index (χ2v) is 7.84. The van der Waals surface area contributed by atoms with Crippen LogP contribution < -0.4 is 20.9 Å². The van der Waals surface area contributed by atoms with Gasteiger partial charge in [-0.1, -0.05) is 6.07 Å². The largest absolute Gasteiger partial charge is 0.493 e. The van der Waals surface area contributed by atoms with E-state index >= 15 is 0 Å². The van der Waals surface area contributed by atoms with E-state index in [-0.39, 0.29) is 0 Å². The van der Waals surface area contributed by atoms with E-state index in [1.807, 2.05) is 41.7 Å². The van der Waals surface area contributed by atoms with Crippen LogP contribution in [0.4, 0.5) is 0 Å². The zero-order chi connectivity index (χ0) is 18.2. The number of nitrogens with two attached hydrogens (primary N) is 2. The molecule has 1 rings (SSSR count). The molecule has 0 radical (unpaired) electrons. The van der Waals surface area contributed by atoms with Crippen LogP contribution >= 0.6 is 23.5 Å². The fourth-order valence-electron chi connectivity index (χ4n) is 2.09. The van der Waals surface area contributed by atoms with Crippen LogP contribution in [0.15, 0.2) is 18.2 Å². The zero-order valence-corrected chi connectivity index (χ0v) is 16.8. The summed E-state index contributed by atoms with van der Waals surface area (Å²) in [5, 5.41) is 0. The van der Waals surface area contributed by atoms with Gasteiger partial charge in [-0.25, -0.2) is 0 Å². The van der Waals surface area contributed by atoms with Gasteiger partial charge in [0.2, 0.25) is 0 Å². The molecule has 0 fully saturated rings. The van der Waals surface area contributed by atoms with Gasteiger partial charge in [0.15, 0.2) is 11.5 Å². The number of methoxy groups -OCH3 is 1. The van der Waals surface area contributed by atoms with Crippen molar-refractivity contribution in [2.75, 3.05) is 56.4 Å². The van der Waals surface area contributed by atoms with Crippen molar-refractivity contribution in [1.29, 1.82) is 0 Å². The number of ether oxygens (including phenoxy) is 3. The van der Waals surface area contributed by atoms with Gasteiger partial charge >= 0.3 is 0 Å². The highest BCUT2D eigenvalue weighted by molar-refractivity contribution is 7.99. The Bertz CT molecular complexity index is 450. The smallest absolute Gasteiger partial charge is 0.161 e. The second kappa shape index (κ2) is 15.6.